The molecule has 2 aromatic rings. The zero-order chi connectivity index (χ0) is 19.3. The van der Waals surface area contributed by atoms with Gasteiger partial charge in [-0.25, -0.2) is 0 Å². The van der Waals surface area contributed by atoms with E-state index in [0.717, 1.165) is 5.56 Å². The first-order valence-electron chi connectivity index (χ1n) is 8.37. The van der Waals surface area contributed by atoms with Crippen molar-refractivity contribution in [3.8, 4) is 11.8 Å². The number of hydrogen-bond donors (Lipinski definition) is 1. The Labute approximate surface area is 153 Å². The quantitative estimate of drug-likeness (QED) is 0.809. The second-order valence-electron chi connectivity index (χ2n) is 6.43. The number of ketones is 1. The Bertz CT molecular complexity index is 849. The molecule has 1 atom stereocenters. The summed E-state index contributed by atoms with van der Waals surface area (Å²) in [4.78, 5) is 25.5. The zero-order valence-electron chi connectivity index (χ0n) is 15.4. The van der Waals surface area contributed by atoms with Gasteiger partial charge in [-0.1, -0.05) is 26.0 Å². The first-order valence-corrected chi connectivity index (χ1v) is 8.37. The Morgan fingerprint density at radius 1 is 1.12 bits per heavy atom. The van der Waals surface area contributed by atoms with Crippen LogP contribution < -0.4 is 10.1 Å². The van der Waals surface area contributed by atoms with Crippen LogP contribution in [0.1, 0.15) is 45.7 Å². The molecule has 0 aliphatic carbocycles. The van der Waals surface area contributed by atoms with Crippen molar-refractivity contribution in [1.82, 2.24) is 5.32 Å². The monoisotopic (exact) mass is 350 g/mol. The van der Waals surface area contributed by atoms with E-state index in [1.807, 2.05) is 26.8 Å². The van der Waals surface area contributed by atoms with Gasteiger partial charge < -0.3 is 10.1 Å². The first-order chi connectivity index (χ1) is 12.4. The van der Waals surface area contributed by atoms with Crippen LogP contribution >= 0.6 is 0 Å². The van der Waals surface area contributed by atoms with E-state index in [4.69, 9.17) is 10.00 Å². The molecule has 0 saturated carbocycles. The summed E-state index contributed by atoms with van der Waals surface area (Å²) in [5, 5.41) is 11.7. The molecular weight excluding hydrogens is 328 g/mol. The zero-order valence-corrected chi connectivity index (χ0v) is 15.4. The minimum Gasteiger partial charge on any atom is -0.497 e. The van der Waals surface area contributed by atoms with Gasteiger partial charge in [-0.05, 0) is 48.7 Å². The Hall–Kier alpha value is -3.13. The maximum absolute atomic E-state index is 12.8. The van der Waals surface area contributed by atoms with Crippen molar-refractivity contribution in [2.45, 2.75) is 26.8 Å². The Morgan fingerprint density at radius 3 is 2.27 bits per heavy atom. The summed E-state index contributed by atoms with van der Waals surface area (Å²) in [6, 6.07) is 13.0. The summed E-state index contributed by atoms with van der Waals surface area (Å²) in [6.07, 6.45) is 0. The van der Waals surface area contributed by atoms with Gasteiger partial charge in [-0.3, -0.25) is 9.59 Å². The van der Waals surface area contributed by atoms with Crippen LogP contribution in [0.3, 0.4) is 0 Å². The van der Waals surface area contributed by atoms with Crippen molar-refractivity contribution in [3.05, 3.63) is 64.7 Å². The third kappa shape index (κ3) is 4.28. The van der Waals surface area contributed by atoms with Gasteiger partial charge in [0.2, 0.25) is 0 Å². The van der Waals surface area contributed by atoms with Crippen molar-refractivity contribution >= 4 is 11.7 Å². The van der Waals surface area contributed by atoms with E-state index >= 15 is 0 Å². The molecule has 0 spiro atoms. The Morgan fingerprint density at radius 2 is 1.77 bits per heavy atom. The third-order valence-electron chi connectivity index (χ3n) is 4.21. The van der Waals surface area contributed by atoms with Crippen LogP contribution in [0.25, 0.3) is 0 Å². The summed E-state index contributed by atoms with van der Waals surface area (Å²) >= 11 is 0. The van der Waals surface area contributed by atoms with Crippen LogP contribution in [0, 0.1) is 24.2 Å². The summed E-state index contributed by atoms with van der Waals surface area (Å²) in [7, 11) is 1.57. The third-order valence-corrected chi connectivity index (χ3v) is 4.21. The van der Waals surface area contributed by atoms with Gasteiger partial charge in [0.15, 0.2) is 5.78 Å². The minimum absolute atomic E-state index is 0.0827. The van der Waals surface area contributed by atoms with Gasteiger partial charge in [0.05, 0.1) is 24.8 Å². The van der Waals surface area contributed by atoms with Crippen molar-refractivity contribution in [2.24, 2.45) is 5.92 Å². The van der Waals surface area contributed by atoms with Crippen molar-refractivity contribution < 1.29 is 14.3 Å². The molecule has 26 heavy (non-hydrogen) atoms. The van der Waals surface area contributed by atoms with E-state index in [2.05, 4.69) is 5.32 Å². The highest BCUT2D eigenvalue weighted by Crippen LogP contribution is 2.18. The largest absolute Gasteiger partial charge is 0.497 e. The molecule has 0 radical (unpaired) electrons. The first kappa shape index (κ1) is 19.2. The van der Waals surface area contributed by atoms with Crippen LogP contribution in [0.2, 0.25) is 0 Å². The summed E-state index contributed by atoms with van der Waals surface area (Å²) in [5.74, 6) is 0.114. The number of amides is 1. The number of hydrogen-bond acceptors (Lipinski definition) is 4. The normalized spacial score (nSPS) is 11.5. The highest BCUT2D eigenvalue weighted by molar-refractivity contribution is 6.04. The predicted molar refractivity (Wildman–Crippen MR) is 99.3 cm³/mol. The van der Waals surface area contributed by atoms with E-state index in [9.17, 15) is 9.59 Å². The molecule has 1 N–H and O–H groups in total. The fraction of sp³-hybridized carbons (Fsp3) is 0.286. The van der Waals surface area contributed by atoms with Gasteiger partial charge in [0, 0.05) is 11.1 Å². The number of carbonyl (C=O) groups excluding carboxylic acids is 2. The molecule has 0 heterocycles. The Kier molecular flexibility index (Phi) is 6.13. The summed E-state index contributed by atoms with van der Waals surface area (Å²) in [5.41, 5.74) is 2.23. The van der Waals surface area contributed by atoms with Crippen LogP contribution in [-0.2, 0) is 0 Å². The number of carbonyl (C=O) groups is 2. The van der Waals surface area contributed by atoms with Gasteiger partial charge in [0.25, 0.3) is 5.91 Å². The lowest BCUT2D eigenvalue weighted by Gasteiger charge is -2.22. The van der Waals surface area contributed by atoms with Crippen LogP contribution in [0.5, 0.6) is 5.75 Å². The lowest BCUT2D eigenvalue weighted by Crippen LogP contribution is -2.44. The molecule has 0 aliphatic heterocycles. The Balaban J connectivity index is 2.23. The fourth-order valence-corrected chi connectivity index (χ4v) is 2.66. The second-order valence-corrected chi connectivity index (χ2v) is 6.43. The summed E-state index contributed by atoms with van der Waals surface area (Å²) < 4.78 is 5.16. The highest BCUT2D eigenvalue weighted by Gasteiger charge is 2.26. The molecule has 134 valence electrons. The van der Waals surface area contributed by atoms with Crippen molar-refractivity contribution in [3.63, 3.8) is 0 Å². The fourth-order valence-electron chi connectivity index (χ4n) is 2.66. The molecule has 5 nitrogen and oxygen atoms in total. The van der Waals surface area contributed by atoms with E-state index in [1.54, 1.807) is 49.6 Å². The van der Waals surface area contributed by atoms with E-state index in [0.29, 0.717) is 22.4 Å². The van der Waals surface area contributed by atoms with Crippen LogP contribution in [0.15, 0.2) is 42.5 Å². The number of nitrogens with zero attached hydrogens (tertiary/aromatic N) is 1. The van der Waals surface area contributed by atoms with E-state index < -0.39 is 6.04 Å². The van der Waals surface area contributed by atoms with E-state index in [-0.39, 0.29) is 17.6 Å². The maximum Gasteiger partial charge on any atom is 0.252 e. The average molecular weight is 350 g/mol. The number of ether oxygens (including phenoxy) is 1. The SMILES string of the molecule is COc1ccc(C(=O)NC(C(=O)c2ccc(C#N)cc2)C(C)C)c(C)c1. The molecule has 2 aromatic carbocycles. The molecule has 1 amide bonds. The number of aryl methyl sites for hydroxylation is 1. The molecule has 1 unspecified atom stereocenters. The number of methoxy groups -OCH3 is 1. The number of rotatable bonds is 6. The number of Topliss-reactive ketones (excluding diaryl/α,β-unsaturated/α-hetero) is 1. The van der Waals surface area contributed by atoms with Crippen LogP contribution in [0.4, 0.5) is 0 Å². The predicted octanol–water partition coefficient (Wildman–Crippen LogP) is 3.51. The topological polar surface area (TPSA) is 79.2 Å². The van der Waals surface area contributed by atoms with Gasteiger partial charge in [-0.2, -0.15) is 5.26 Å². The van der Waals surface area contributed by atoms with Gasteiger partial charge in [-0.15, -0.1) is 0 Å². The molecule has 0 aromatic heterocycles. The standard InChI is InChI=1S/C21H22N2O3/c1-13(2)19(20(24)16-7-5-15(12-22)6-8-16)23-21(25)18-10-9-17(26-4)11-14(18)3/h5-11,13,19H,1-4H3,(H,23,25). The lowest BCUT2D eigenvalue weighted by atomic mass is 9.94. The van der Waals surface area contributed by atoms with E-state index in [1.165, 1.54) is 0 Å². The molecule has 0 bridgehead atoms. The summed E-state index contributed by atoms with van der Waals surface area (Å²) in [6.45, 7) is 5.59. The van der Waals surface area contributed by atoms with Gasteiger partial charge in [0.1, 0.15) is 5.75 Å². The second kappa shape index (κ2) is 8.30. The lowest BCUT2D eigenvalue weighted by molar-refractivity contribution is 0.0831. The minimum atomic E-state index is -0.656. The molecule has 0 fully saturated rings. The maximum atomic E-state index is 12.8. The van der Waals surface area contributed by atoms with Crippen molar-refractivity contribution in [1.29, 1.82) is 5.26 Å². The highest BCUT2D eigenvalue weighted by atomic mass is 16.5. The molecule has 5 heteroatoms. The van der Waals surface area contributed by atoms with Gasteiger partial charge >= 0.3 is 0 Å². The number of nitriles is 1. The number of nitrogens with one attached hydrogen (secondary N) is 1. The van der Waals surface area contributed by atoms with Crippen LogP contribution in [-0.4, -0.2) is 24.8 Å². The van der Waals surface area contributed by atoms with Crippen molar-refractivity contribution in [2.75, 3.05) is 7.11 Å². The molecular formula is C21H22N2O3. The number of benzene rings is 2. The molecule has 0 aliphatic rings. The molecule has 0 saturated heterocycles. The average Bonchev–Trinajstić information content (AvgIpc) is 2.65. The smallest absolute Gasteiger partial charge is 0.252 e. The molecule has 2 rings (SSSR count).